The summed E-state index contributed by atoms with van der Waals surface area (Å²) < 4.78 is 5.48. The van der Waals surface area contributed by atoms with Crippen molar-refractivity contribution in [1.29, 1.82) is 0 Å². The highest BCUT2D eigenvalue weighted by Gasteiger charge is 2.39. The molecule has 4 nitrogen and oxygen atoms in total. The van der Waals surface area contributed by atoms with Crippen molar-refractivity contribution in [2.75, 3.05) is 45.6 Å². The van der Waals surface area contributed by atoms with E-state index in [1.165, 1.54) is 31.1 Å². The third-order valence-electron chi connectivity index (χ3n) is 5.11. The molecule has 0 amide bonds. The average molecular weight is 297 g/mol. The molecule has 0 aromatic rings. The van der Waals surface area contributed by atoms with E-state index in [1.54, 1.807) is 0 Å². The van der Waals surface area contributed by atoms with Crippen LogP contribution in [0.2, 0.25) is 0 Å². The van der Waals surface area contributed by atoms with E-state index in [2.05, 4.69) is 24.2 Å². The van der Waals surface area contributed by atoms with Gasteiger partial charge in [0.25, 0.3) is 0 Å². The van der Waals surface area contributed by atoms with Crippen molar-refractivity contribution in [1.82, 2.24) is 10.2 Å². The lowest BCUT2D eigenvalue weighted by molar-refractivity contribution is 0.0555. The number of ether oxygens (including phenoxy) is 1. The number of rotatable bonds is 2. The van der Waals surface area contributed by atoms with Crippen LogP contribution in [-0.2, 0) is 4.74 Å². The van der Waals surface area contributed by atoms with Crippen LogP contribution in [0.25, 0.3) is 0 Å². The van der Waals surface area contributed by atoms with E-state index in [9.17, 15) is 0 Å². The van der Waals surface area contributed by atoms with Crippen molar-refractivity contribution in [3.05, 3.63) is 0 Å². The van der Waals surface area contributed by atoms with Gasteiger partial charge in [-0.05, 0) is 51.2 Å². The molecule has 3 rings (SSSR count). The summed E-state index contributed by atoms with van der Waals surface area (Å²) in [5, 5.41) is 4.87. The quantitative estimate of drug-likeness (QED) is 0.845. The fourth-order valence-electron chi connectivity index (χ4n) is 3.20. The SMILES string of the molecule is CN1CCC(C)(CN=C2NC3(CCOCC3)CS2)CC1. The van der Waals surface area contributed by atoms with Gasteiger partial charge in [-0.15, -0.1) is 0 Å². The lowest BCUT2D eigenvalue weighted by Gasteiger charge is -2.37. The first kappa shape index (κ1) is 14.7. The Morgan fingerprint density at radius 1 is 1.25 bits per heavy atom. The predicted octanol–water partition coefficient (Wildman–Crippen LogP) is 1.96. The van der Waals surface area contributed by atoms with Crippen LogP contribution in [0, 0.1) is 5.41 Å². The molecule has 20 heavy (non-hydrogen) atoms. The number of nitrogens with zero attached hydrogens (tertiary/aromatic N) is 2. The van der Waals surface area contributed by atoms with Crippen molar-refractivity contribution in [2.24, 2.45) is 10.4 Å². The zero-order valence-corrected chi connectivity index (χ0v) is 13.6. The van der Waals surface area contributed by atoms with Crippen molar-refractivity contribution < 1.29 is 4.74 Å². The number of likely N-dealkylation sites (tertiary alicyclic amines) is 1. The number of thioether (sulfide) groups is 1. The van der Waals surface area contributed by atoms with E-state index in [4.69, 9.17) is 9.73 Å². The smallest absolute Gasteiger partial charge is 0.157 e. The van der Waals surface area contributed by atoms with Gasteiger partial charge < -0.3 is 15.0 Å². The van der Waals surface area contributed by atoms with Crippen LogP contribution in [0.5, 0.6) is 0 Å². The summed E-state index contributed by atoms with van der Waals surface area (Å²) in [6.45, 7) is 7.58. The zero-order valence-electron chi connectivity index (χ0n) is 12.8. The molecule has 5 heteroatoms. The number of amidine groups is 1. The second kappa shape index (κ2) is 5.85. The highest BCUT2D eigenvalue weighted by atomic mass is 32.2. The van der Waals surface area contributed by atoms with Gasteiger partial charge in [0.05, 0.1) is 5.54 Å². The monoisotopic (exact) mass is 297 g/mol. The van der Waals surface area contributed by atoms with Gasteiger partial charge in [0.2, 0.25) is 0 Å². The van der Waals surface area contributed by atoms with Crippen LogP contribution < -0.4 is 5.32 Å². The fourth-order valence-corrected chi connectivity index (χ4v) is 4.42. The molecule has 1 N–H and O–H groups in total. The minimum atomic E-state index is 0.273. The Labute approximate surface area is 126 Å². The maximum absolute atomic E-state index is 5.48. The number of nitrogens with one attached hydrogen (secondary N) is 1. The van der Waals surface area contributed by atoms with E-state index in [0.29, 0.717) is 5.41 Å². The highest BCUT2D eigenvalue weighted by Crippen LogP contribution is 2.34. The molecular formula is C15H27N3OS. The molecule has 3 aliphatic rings. The highest BCUT2D eigenvalue weighted by molar-refractivity contribution is 8.14. The molecule has 0 aliphatic carbocycles. The molecule has 0 bridgehead atoms. The first-order valence-corrected chi connectivity index (χ1v) is 8.80. The molecule has 0 unspecified atom stereocenters. The molecule has 0 saturated carbocycles. The predicted molar refractivity (Wildman–Crippen MR) is 85.5 cm³/mol. The second-order valence-corrected chi connectivity index (χ2v) is 8.01. The molecule has 3 heterocycles. The van der Waals surface area contributed by atoms with Gasteiger partial charge >= 0.3 is 0 Å². The van der Waals surface area contributed by atoms with Gasteiger partial charge in [0.15, 0.2) is 5.17 Å². The third kappa shape index (κ3) is 3.31. The van der Waals surface area contributed by atoms with Crippen LogP contribution in [0.3, 0.4) is 0 Å². The Morgan fingerprint density at radius 3 is 2.65 bits per heavy atom. The first-order chi connectivity index (χ1) is 9.59. The molecule has 3 aliphatic heterocycles. The minimum Gasteiger partial charge on any atom is -0.381 e. The molecule has 114 valence electrons. The minimum absolute atomic E-state index is 0.273. The molecule has 3 saturated heterocycles. The number of hydrogen-bond acceptors (Lipinski definition) is 4. The number of aliphatic imine (C=N–C) groups is 1. The lowest BCUT2D eigenvalue weighted by Crippen LogP contribution is -2.48. The molecule has 0 aromatic heterocycles. The molecule has 0 aromatic carbocycles. The Kier molecular flexibility index (Phi) is 4.29. The van der Waals surface area contributed by atoms with E-state index < -0.39 is 0 Å². The summed E-state index contributed by atoms with van der Waals surface area (Å²) in [7, 11) is 2.22. The largest absolute Gasteiger partial charge is 0.381 e. The Balaban J connectivity index is 1.55. The molecule has 0 radical (unpaired) electrons. The van der Waals surface area contributed by atoms with Crippen LogP contribution in [-0.4, -0.2) is 61.3 Å². The van der Waals surface area contributed by atoms with Crippen molar-refractivity contribution in [2.45, 2.75) is 38.1 Å². The van der Waals surface area contributed by atoms with Gasteiger partial charge in [-0.25, -0.2) is 0 Å². The van der Waals surface area contributed by atoms with Gasteiger partial charge in [0, 0.05) is 25.5 Å². The summed E-state index contributed by atoms with van der Waals surface area (Å²) in [5.74, 6) is 1.16. The van der Waals surface area contributed by atoms with E-state index >= 15 is 0 Å². The fraction of sp³-hybridized carbons (Fsp3) is 0.933. The Hall–Kier alpha value is -0.260. The second-order valence-electron chi connectivity index (χ2n) is 7.04. The van der Waals surface area contributed by atoms with E-state index in [0.717, 1.165) is 38.4 Å². The standard InChI is InChI=1S/C15H27N3OS/c1-14(3-7-18(2)8-4-14)11-16-13-17-15(12-20-13)5-9-19-10-6-15/h3-12H2,1-2H3,(H,16,17). The number of piperidine rings is 1. The Morgan fingerprint density at radius 2 is 1.95 bits per heavy atom. The summed E-state index contributed by atoms with van der Waals surface area (Å²) >= 11 is 1.91. The molecule has 3 fully saturated rings. The Bertz CT molecular complexity index is 371. The average Bonchev–Trinajstić information content (AvgIpc) is 2.84. The molecular weight excluding hydrogens is 270 g/mol. The zero-order chi connectivity index (χ0) is 14.1. The molecule has 0 atom stereocenters. The summed E-state index contributed by atoms with van der Waals surface area (Å²) in [4.78, 5) is 7.33. The maximum atomic E-state index is 5.48. The van der Waals surface area contributed by atoms with E-state index in [-0.39, 0.29) is 5.54 Å². The maximum Gasteiger partial charge on any atom is 0.157 e. The number of hydrogen-bond donors (Lipinski definition) is 1. The topological polar surface area (TPSA) is 36.9 Å². The van der Waals surface area contributed by atoms with Crippen LogP contribution >= 0.6 is 11.8 Å². The van der Waals surface area contributed by atoms with Gasteiger partial charge in [-0.3, -0.25) is 4.99 Å². The third-order valence-corrected chi connectivity index (χ3v) is 6.31. The van der Waals surface area contributed by atoms with Crippen molar-refractivity contribution >= 4 is 16.9 Å². The molecule has 1 spiro atoms. The van der Waals surface area contributed by atoms with Crippen LogP contribution in [0.4, 0.5) is 0 Å². The van der Waals surface area contributed by atoms with Crippen molar-refractivity contribution in [3.63, 3.8) is 0 Å². The van der Waals surface area contributed by atoms with Crippen LogP contribution in [0.1, 0.15) is 32.6 Å². The van der Waals surface area contributed by atoms with E-state index in [1.807, 2.05) is 11.8 Å². The van der Waals surface area contributed by atoms with Crippen LogP contribution in [0.15, 0.2) is 4.99 Å². The summed E-state index contributed by atoms with van der Waals surface area (Å²) in [6, 6.07) is 0. The van der Waals surface area contributed by atoms with Gasteiger partial charge in [-0.1, -0.05) is 18.7 Å². The van der Waals surface area contributed by atoms with Crippen molar-refractivity contribution in [3.8, 4) is 0 Å². The summed E-state index contributed by atoms with van der Waals surface area (Å²) in [6.07, 6.45) is 4.79. The van der Waals surface area contributed by atoms with Gasteiger partial charge in [-0.2, -0.15) is 0 Å². The lowest BCUT2D eigenvalue weighted by atomic mass is 9.80. The summed E-state index contributed by atoms with van der Waals surface area (Å²) in [5.41, 5.74) is 0.669. The van der Waals surface area contributed by atoms with Gasteiger partial charge in [0.1, 0.15) is 0 Å². The normalized spacial score (nSPS) is 31.6. The first-order valence-electron chi connectivity index (χ1n) is 7.81.